The third-order valence-electron chi connectivity index (χ3n) is 1.60. The van der Waals surface area contributed by atoms with Gasteiger partial charge in [-0.25, -0.2) is 0 Å². The van der Waals surface area contributed by atoms with Gasteiger partial charge in [-0.1, -0.05) is 6.92 Å². The van der Waals surface area contributed by atoms with E-state index < -0.39 is 6.36 Å². The Kier molecular flexibility index (Phi) is 6.97. The van der Waals surface area contributed by atoms with Crippen molar-refractivity contribution in [2.45, 2.75) is 13.3 Å². The van der Waals surface area contributed by atoms with Crippen molar-refractivity contribution in [1.29, 1.82) is 0 Å². The SMILES string of the molecule is CCNC.O=Cc1ccc(OC(F)(F)F)cc1. The average molecular weight is 249 g/mol. The molecular formula is C11H14F3NO2. The molecule has 0 bridgehead atoms. The highest BCUT2D eigenvalue weighted by Crippen LogP contribution is 2.22. The van der Waals surface area contributed by atoms with Crippen LogP contribution in [0.3, 0.4) is 0 Å². The van der Waals surface area contributed by atoms with Crippen molar-refractivity contribution >= 4 is 6.29 Å². The molecule has 3 nitrogen and oxygen atoms in total. The second kappa shape index (κ2) is 7.67. The number of hydrogen-bond donors (Lipinski definition) is 1. The summed E-state index contributed by atoms with van der Waals surface area (Å²) in [5.41, 5.74) is 0.300. The Balaban J connectivity index is 0.000000557. The van der Waals surface area contributed by atoms with Crippen molar-refractivity contribution in [1.82, 2.24) is 5.32 Å². The molecule has 1 aromatic carbocycles. The van der Waals surface area contributed by atoms with Gasteiger partial charge in [-0.2, -0.15) is 0 Å². The smallest absolute Gasteiger partial charge is 0.406 e. The molecule has 0 heterocycles. The first-order valence-corrected chi connectivity index (χ1v) is 4.88. The molecule has 0 unspecified atom stereocenters. The minimum absolute atomic E-state index is 0.300. The molecule has 0 saturated carbocycles. The van der Waals surface area contributed by atoms with Crippen molar-refractivity contribution in [3.8, 4) is 5.75 Å². The molecule has 0 aromatic heterocycles. The fourth-order valence-electron chi connectivity index (χ4n) is 0.748. The highest BCUT2D eigenvalue weighted by molar-refractivity contribution is 5.74. The largest absolute Gasteiger partial charge is 0.573 e. The Morgan fingerprint density at radius 1 is 1.29 bits per heavy atom. The van der Waals surface area contributed by atoms with Crippen molar-refractivity contribution in [2.75, 3.05) is 13.6 Å². The summed E-state index contributed by atoms with van der Waals surface area (Å²) in [5.74, 6) is -0.335. The number of benzene rings is 1. The summed E-state index contributed by atoms with van der Waals surface area (Å²) in [5, 5.41) is 2.93. The number of ether oxygens (including phenoxy) is 1. The van der Waals surface area contributed by atoms with Crippen molar-refractivity contribution in [3.63, 3.8) is 0 Å². The molecule has 0 aliphatic rings. The third-order valence-corrected chi connectivity index (χ3v) is 1.60. The second-order valence-electron chi connectivity index (χ2n) is 2.94. The minimum Gasteiger partial charge on any atom is -0.406 e. The van der Waals surface area contributed by atoms with E-state index in [4.69, 9.17) is 0 Å². The topological polar surface area (TPSA) is 38.3 Å². The van der Waals surface area contributed by atoms with Gasteiger partial charge in [0, 0.05) is 5.56 Å². The maximum atomic E-state index is 11.6. The Bertz CT molecular complexity index is 320. The highest BCUT2D eigenvalue weighted by atomic mass is 19.4. The van der Waals surface area contributed by atoms with Crippen LogP contribution in [0.5, 0.6) is 5.75 Å². The molecule has 1 N–H and O–H groups in total. The fraction of sp³-hybridized carbons (Fsp3) is 0.364. The number of carbonyl (C=O) groups is 1. The summed E-state index contributed by atoms with van der Waals surface area (Å²) < 4.78 is 38.5. The zero-order valence-corrected chi connectivity index (χ0v) is 9.54. The molecule has 0 spiro atoms. The Labute approximate surface area is 97.6 Å². The van der Waals surface area contributed by atoms with Gasteiger partial charge < -0.3 is 10.1 Å². The van der Waals surface area contributed by atoms with E-state index in [2.05, 4.69) is 17.0 Å². The van der Waals surface area contributed by atoms with E-state index in [1.807, 2.05) is 7.05 Å². The number of alkyl halides is 3. The number of aldehydes is 1. The second-order valence-corrected chi connectivity index (χ2v) is 2.94. The molecule has 0 aliphatic heterocycles. The van der Waals surface area contributed by atoms with Crippen LogP contribution in [0.1, 0.15) is 17.3 Å². The molecule has 0 radical (unpaired) electrons. The summed E-state index contributed by atoms with van der Waals surface area (Å²) >= 11 is 0. The van der Waals surface area contributed by atoms with Crippen LogP contribution in [0.2, 0.25) is 0 Å². The van der Waals surface area contributed by atoms with Gasteiger partial charge in [0.25, 0.3) is 0 Å². The summed E-state index contributed by atoms with van der Waals surface area (Å²) in [4.78, 5) is 10.1. The summed E-state index contributed by atoms with van der Waals surface area (Å²) in [7, 11) is 1.93. The molecule has 1 aromatic rings. The lowest BCUT2D eigenvalue weighted by atomic mass is 10.2. The van der Waals surface area contributed by atoms with Gasteiger partial charge >= 0.3 is 6.36 Å². The van der Waals surface area contributed by atoms with Crippen LogP contribution >= 0.6 is 0 Å². The van der Waals surface area contributed by atoms with Gasteiger partial charge in [0.05, 0.1) is 0 Å². The van der Waals surface area contributed by atoms with Crippen molar-refractivity contribution < 1.29 is 22.7 Å². The van der Waals surface area contributed by atoms with Crippen LogP contribution in [0.15, 0.2) is 24.3 Å². The standard InChI is InChI=1S/C8H5F3O2.C3H9N/c9-8(10,11)13-7-3-1-6(5-12)2-4-7;1-3-4-2/h1-5H;4H,3H2,1-2H3. The lowest BCUT2D eigenvalue weighted by molar-refractivity contribution is -0.274. The minimum atomic E-state index is -4.69. The predicted octanol–water partition coefficient (Wildman–Crippen LogP) is 2.62. The monoisotopic (exact) mass is 249 g/mol. The first-order chi connectivity index (χ1) is 7.92. The summed E-state index contributed by atoms with van der Waals surface area (Å²) in [6, 6.07) is 4.65. The Morgan fingerprint density at radius 3 is 2.06 bits per heavy atom. The zero-order chi connectivity index (χ0) is 13.3. The van der Waals surface area contributed by atoms with Crippen LogP contribution in [-0.4, -0.2) is 26.2 Å². The molecule has 96 valence electrons. The van der Waals surface area contributed by atoms with Gasteiger partial charge in [-0.3, -0.25) is 4.79 Å². The molecule has 0 aliphatic carbocycles. The van der Waals surface area contributed by atoms with Gasteiger partial charge in [0.2, 0.25) is 0 Å². The fourth-order valence-corrected chi connectivity index (χ4v) is 0.748. The number of nitrogens with one attached hydrogen (secondary N) is 1. The molecular weight excluding hydrogens is 235 g/mol. The molecule has 0 saturated heterocycles. The van der Waals surface area contributed by atoms with E-state index in [1.54, 1.807) is 0 Å². The third kappa shape index (κ3) is 8.27. The van der Waals surface area contributed by atoms with Crippen LogP contribution < -0.4 is 10.1 Å². The van der Waals surface area contributed by atoms with Gasteiger partial charge in [-0.15, -0.1) is 13.2 Å². The zero-order valence-electron chi connectivity index (χ0n) is 9.54. The first-order valence-electron chi connectivity index (χ1n) is 4.88. The first kappa shape index (κ1) is 15.4. The van der Waals surface area contributed by atoms with Crippen LogP contribution in [0.4, 0.5) is 13.2 Å². The molecule has 17 heavy (non-hydrogen) atoms. The van der Waals surface area contributed by atoms with Crippen molar-refractivity contribution in [3.05, 3.63) is 29.8 Å². The Morgan fingerprint density at radius 2 is 1.76 bits per heavy atom. The number of halogens is 3. The van der Waals surface area contributed by atoms with Crippen LogP contribution in [0.25, 0.3) is 0 Å². The molecule has 6 heteroatoms. The van der Waals surface area contributed by atoms with Gasteiger partial charge in [0.15, 0.2) is 0 Å². The highest BCUT2D eigenvalue weighted by Gasteiger charge is 2.30. The maximum Gasteiger partial charge on any atom is 0.573 e. The average Bonchev–Trinajstić information content (AvgIpc) is 2.28. The van der Waals surface area contributed by atoms with E-state index in [0.717, 1.165) is 18.7 Å². The van der Waals surface area contributed by atoms with Gasteiger partial charge in [0.1, 0.15) is 12.0 Å². The quantitative estimate of drug-likeness (QED) is 0.837. The maximum absolute atomic E-state index is 11.6. The molecule has 0 atom stereocenters. The van der Waals surface area contributed by atoms with Crippen molar-refractivity contribution in [2.24, 2.45) is 0 Å². The normalized spacial score (nSPS) is 10.2. The van der Waals surface area contributed by atoms with E-state index in [0.29, 0.717) is 11.8 Å². The molecule has 0 amide bonds. The summed E-state index contributed by atoms with van der Waals surface area (Å²) in [6.45, 7) is 3.14. The number of hydrogen-bond acceptors (Lipinski definition) is 3. The van der Waals surface area contributed by atoms with E-state index in [9.17, 15) is 18.0 Å². The van der Waals surface area contributed by atoms with E-state index >= 15 is 0 Å². The lowest BCUT2D eigenvalue weighted by Crippen LogP contribution is -2.16. The molecule has 0 fully saturated rings. The lowest BCUT2D eigenvalue weighted by Gasteiger charge is -2.07. The molecule has 1 rings (SSSR count). The van der Waals surface area contributed by atoms with Crippen LogP contribution in [0, 0.1) is 0 Å². The number of rotatable bonds is 3. The summed E-state index contributed by atoms with van der Waals surface area (Å²) in [6.07, 6.45) is -4.15. The van der Waals surface area contributed by atoms with Gasteiger partial charge in [-0.05, 0) is 37.9 Å². The number of carbonyl (C=O) groups excluding carboxylic acids is 1. The van der Waals surface area contributed by atoms with Crippen LogP contribution in [-0.2, 0) is 0 Å². The Hall–Kier alpha value is -1.56. The van der Waals surface area contributed by atoms with E-state index in [1.165, 1.54) is 12.1 Å². The predicted molar refractivity (Wildman–Crippen MR) is 58.1 cm³/mol. The van der Waals surface area contributed by atoms with E-state index in [-0.39, 0.29) is 5.75 Å².